The lowest BCUT2D eigenvalue weighted by atomic mass is 9.89. The standard InChI is InChI=1S/C28H42N4O6S/c1-18-14-32(19(2)17-33)28(34)24-13-23(30-39(35,36)27-20(3)29-38-21(27)4)11-12-25(24)37-26(18)16-31(5)15-22-9-7-6-8-10-22/h11-13,18-19,22,26,30,33H,6-10,14-17H2,1-5H3/t18-,19-,26-/m1/s1. The molecule has 1 fully saturated rings. The van der Waals surface area contributed by atoms with Crippen molar-refractivity contribution in [3.8, 4) is 5.75 Å². The lowest BCUT2D eigenvalue weighted by molar-refractivity contribution is 0.0330. The zero-order chi connectivity index (χ0) is 28.3. The van der Waals surface area contributed by atoms with Crippen LogP contribution in [0.15, 0.2) is 27.6 Å². The van der Waals surface area contributed by atoms with Gasteiger partial charge in [0.05, 0.1) is 18.2 Å². The first-order valence-corrected chi connectivity index (χ1v) is 15.3. The predicted octanol–water partition coefficient (Wildman–Crippen LogP) is 3.82. The minimum absolute atomic E-state index is 0.0163. The number of rotatable bonds is 9. The molecule has 1 saturated carbocycles. The van der Waals surface area contributed by atoms with E-state index in [1.807, 2.05) is 0 Å². The largest absolute Gasteiger partial charge is 0.488 e. The third-order valence-electron chi connectivity index (χ3n) is 7.94. The van der Waals surface area contributed by atoms with Gasteiger partial charge in [-0.05, 0) is 64.8 Å². The van der Waals surface area contributed by atoms with E-state index >= 15 is 0 Å². The number of fused-ring (bicyclic) bond motifs is 1. The highest BCUT2D eigenvalue weighted by Crippen LogP contribution is 2.32. The van der Waals surface area contributed by atoms with Crippen molar-refractivity contribution in [1.29, 1.82) is 0 Å². The Hall–Kier alpha value is -2.63. The molecule has 39 heavy (non-hydrogen) atoms. The van der Waals surface area contributed by atoms with Crippen molar-refractivity contribution >= 4 is 21.6 Å². The van der Waals surface area contributed by atoms with Gasteiger partial charge in [-0.25, -0.2) is 8.42 Å². The van der Waals surface area contributed by atoms with Crippen molar-refractivity contribution in [1.82, 2.24) is 15.0 Å². The topological polar surface area (TPSA) is 125 Å². The van der Waals surface area contributed by atoms with Gasteiger partial charge in [0.2, 0.25) is 0 Å². The van der Waals surface area contributed by atoms with Crippen LogP contribution in [0.3, 0.4) is 0 Å². The van der Waals surface area contributed by atoms with Gasteiger partial charge in [0.1, 0.15) is 17.5 Å². The summed E-state index contributed by atoms with van der Waals surface area (Å²) >= 11 is 0. The Labute approximate surface area is 231 Å². The SMILES string of the molecule is Cc1noc(C)c1S(=O)(=O)Nc1ccc2c(c1)C(=O)N([C@H](C)CO)C[C@@H](C)[C@@H](CN(C)CC1CCCCC1)O2. The molecule has 2 aliphatic rings. The number of sulfonamides is 1. The first-order valence-electron chi connectivity index (χ1n) is 13.9. The number of carbonyl (C=O) groups is 1. The number of ether oxygens (including phenoxy) is 1. The number of amides is 1. The summed E-state index contributed by atoms with van der Waals surface area (Å²) in [6, 6.07) is 4.33. The number of aromatic nitrogens is 1. The highest BCUT2D eigenvalue weighted by Gasteiger charge is 2.34. The van der Waals surface area contributed by atoms with Gasteiger partial charge in [-0.3, -0.25) is 9.52 Å². The number of aliphatic hydroxyl groups is 1. The maximum atomic E-state index is 13.7. The van der Waals surface area contributed by atoms with Crippen molar-refractivity contribution in [3.05, 3.63) is 35.2 Å². The van der Waals surface area contributed by atoms with E-state index in [9.17, 15) is 18.3 Å². The lowest BCUT2D eigenvalue weighted by Crippen LogP contribution is -2.50. The molecule has 0 unspecified atom stereocenters. The van der Waals surface area contributed by atoms with Crippen molar-refractivity contribution in [3.63, 3.8) is 0 Å². The summed E-state index contributed by atoms with van der Waals surface area (Å²) in [6.45, 7) is 8.92. The molecule has 11 heteroatoms. The monoisotopic (exact) mass is 562 g/mol. The number of nitrogens with one attached hydrogen (secondary N) is 1. The molecule has 216 valence electrons. The van der Waals surface area contributed by atoms with E-state index in [1.54, 1.807) is 30.9 Å². The van der Waals surface area contributed by atoms with Crippen molar-refractivity contribution in [2.45, 2.75) is 76.8 Å². The third-order valence-corrected chi connectivity index (χ3v) is 9.56. The van der Waals surface area contributed by atoms with Crippen LogP contribution in [0, 0.1) is 25.7 Å². The highest BCUT2D eigenvalue weighted by atomic mass is 32.2. The molecule has 1 aliphatic heterocycles. The third kappa shape index (κ3) is 6.75. The Morgan fingerprint density at radius 1 is 1.21 bits per heavy atom. The first-order chi connectivity index (χ1) is 18.5. The van der Waals surface area contributed by atoms with Crippen molar-refractivity contribution in [2.75, 3.05) is 38.0 Å². The van der Waals surface area contributed by atoms with Crippen LogP contribution in [-0.2, 0) is 10.0 Å². The molecular weight excluding hydrogens is 520 g/mol. The predicted molar refractivity (Wildman–Crippen MR) is 148 cm³/mol. The van der Waals surface area contributed by atoms with Gasteiger partial charge in [-0.15, -0.1) is 0 Å². The van der Waals surface area contributed by atoms with Crippen LogP contribution < -0.4 is 9.46 Å². The number of hydrogen-bond donors (Lipinski definition) is 2. The zero-order valence-corrected chi connectivity index (χ0v) is 24.5. The van der Waals surface area contributed by atoms with E-state index in [2.05, 4.69) is 28.8 Å². The normalized spacial score (nSPS) is 21.7. The van der Waals surface area contributed by atoms with Crippen LogP contribution in [0.1, 0.15) is 67.8 Å². The molecule has 4 rings (SSSR count). The summed E-state index contributed by atoms with van der Waals surface area (Å²) in [5, 5.41) is 13.7. The molecule has 2 N–H and O–H groups in total. The molecule has 3 atom stereocenters. The first kappa shape index (κ1) is 29.4. The van der Waals surface area contributed by atoms with Crippen LogP contribution in [0.2, 0.25) is 0 Å². The Kier molecular flexibility index (Phi) is 9.23. The van der Waals surface area contributed by atoms with Crippen LogP contribution >= 0.6 is 0 Å². The van der Waals surface area contributed by atoms with Crippen LogP contribution in [0.5, 0.6) is 5.75 Å². The number of aliphatic hydroxyl groups excluding tert-OH is 1. The van der Waals surface area contributed by atoms with Gasteiger partial charge in [-0.2, -0.15) is 0 Å². The molecule has 1 aliphatic carbocycles. The molecule has 0 spiro atoms. The van der Waals surface area contributed by atoms with E-state index in [0.717, 1.165) is 6.54 Å². The summed E-state index contributed by atoms with van der Waals surface area (Å²) in [4.78, 5) is 17.7. The van der Waals surface area contributed by atoms with Crippen molar-refractivity contribution < 1.29 is 27.6 Å². The Balaban J connectivity index is 1.62. The minimum Gasteiger partial charge on any atom is -0.488 e. The van der Waals surface area contributed by atoms with E-state index in [4.69, 9.17) is 9.26 Å². The molecule has 1 aromatic heterocycles. The zero-order valence-electron chi connectivity index (χ0n) is 23.6. The van der Waals surface area contributed by atoms with Crippen LogP contribution in [0.4, 0.5) is 5.69 Å². The van der Waals surface area contributed by atoms with Gasteiger partial charge < -0.3 is 24.2 Å². The number of anilines is 1. The molecule has 1 amide bonds. The average Bonchev–Trinajstić information content (AvgIpc) is 3.25. The summed E-state index contributed by atoms with van der Waals surface area (Å²) in [6.07, 6.45) is 6.24. The molecule has 1 aromatic carbocycles. The van der Waals surface area contributed by atoms with Crippen LogP contribution in [-0.4, -0.2) is 79.8 Å². The number of nitrogens with zero attached hydrogens (tertiary/aromatic N) is 3. The number of hydrogen-bond acceptors (Lipinski definition) is 8. The number of likely N-dealkylation sites (N-methyl/N-ethyl adjacent to an activating group) is 1. The summed E-state index contributed by atoms with van der Waals surface area (Å²) in [7, 11) is -1.87. The molecule has 0 radical (unpaired) electrons. The van der Waals surface area contributed by atoms with Gasteiger partial charge >= 0.3 is 0 Å². The maximum absolute atomic E-state index is 13.7. The van der Waals surface area contributed by atoms with Gasteiger partial charge in [0, 0.05) is 31.2 Å². The molecule has 10 nitrogen and oxygen atoms in total. The van der Waals surface area contributed by atoms with E-state index in [-0.39, 0.29) is 52.1 Å². The van der Waals surface area contributed by atoms with Gasteiger partial charge in [0.25, 0.3) is 15.9 Å². The van der Waals surface area contributed by atoms with E-state index in [0.29, 0.717) is 24.8 Å². The van der Waals surface area contributed by atoms with Gasteiger partial charge in [0.15, 0.2) is 10.7 Å². The number of carbonyl (C=O) groups excluding carboxylic acids is 1. The number of benzene rings is 1. The molecule has 2 heterocycles. The fraction of sp³-hybridized carbons (Fsp3) is 0.643. The second-order valence-electron chi connectivity index (χ2n) is 11.3. The Morgan fingerprint density at radius 3 is 2.56 bits per heavy atom. The summed E-state index contributed by atoms with van der Waals surface area (Å²) < 4.78 is 40.3. The molecule has 0 bridgehead atoms. The highest BCUT2D eigenvalue weighted by molar-refractivity contribution is 7.92. The smallest absolute Gasteiger partial charge is 0.267 e. The van der Waals surface area contributed by atoms with E-state index in [1.165, 1.54) is 45.1 Å². The van der Waals surface area contributed by atoms with E-state index < -0.39 is 16.1 Å². The van der Waals surface area contributed by atoms with Crippen molar-refractivity contribution in [2.24, 2.45) is 11.8 Å². The molecule has 2 aromatic rings. The Bertz CT molecular complexity index is 1240. The quantitative estimate of drug-likeness (QED) is 0.473. The fourth-order valence-corrected chi connectivity index (χ4v) is 7.14. The lowest BCUT2D eigenvalue weighted by Gasteiger charge is -2.38. The molecular formula is C28H42N4O6S. The van der Waals surface area contributed by atoms with Crippen LogP contribution in [0.25, 0.3) is 0 Å². The minimum atomic E-state index is -3.99. The Morgan fingerprint density at radius 2 is 1.92 bits per heavy atom. The fourth-order valence-electron chi connectivity index (χ4n) is 5.76. The second kappa shape index (κ2) is 12.3. The summed E-state index contributed by atoms with van der Waals surface area (Å²) in [5.74, 6) is 0.981. The summed E-state index contributed by atoms with van der Waals surface area (Å²) in [5.41, 5.74) is 0.728. The molecule has 0 saturated heterocycles. The second-order valence-corrected chi connectivity index (χ2v) is 12.9. The van der Waals surface area contributed by atoms with Gasteiger partial charge in [-0.1, -0.05) is 31.3 Å². The average molecular weight is 563 g/mol. The number of aryl methyl sites for hydroxylation is 2. The maximum Gasteiger partial charge on any atom is 0.267 e.